The molecule has 0 aromatic carbocycles. The highest BCUT2D eigenvalue weighted by Gasteiger charge is 2.08. The molecule has 2 N–H and O–H groups in total. The third kappa shape index (κ3) is 7.83. The number of pyridine rings is 1. The first-order valence-electron chi connectivity index (χ1n) is 8.47. The molecule has 7 heteroatoms. The highest BCUT2D eigenvalue weighted by atomic mass is 16.4. The Morgan fingerprint density at radius 3 is 1.77 bits per heavy atom. The molecule has 2 heterocycles. The number of carboxylic acids is 2. The first-order chi connectivity index (χ1) is 12.2. The number of hydrogen-bond donors (Lipinski definition) is 2. The van der Waals surface area contributed by atoms with Crippen molar-refractivity contribution in [3.05, 3.63) is 53.4 Å². The largest absolute Gasteiger partial charge is 0.477 e. The molecule has 0 bridgehead atoms. The van der Waals surface area contributed by atoms with Crippen molar-refractivity contribution >= 4 is 11.9 Å². The summed E-state index contributed by atoms with van der Waals surface area (Å²) in [5, 5.41) is 17.2. The van der Waals surface area contributed by atoms with E-state index < -0.39 is 11.9 Å². The maximum atomic E-state index is 10.5. The van der Waals surface area contributed by atoms with E-state index in [-0.39, 0.29) is 23.2 Å². The van der Waals surface area contributed by atoms with Crippen molar-refractivity contribution in [3.63, 3.8) is 0 Å². The van der Waals surface area contributed by atoms with Crippen molar-refractivity contribution in [1.29, 1.82) is 0 Å². The third-order valence-corrected chi connectivity index (χ3v) is 3.05. The van der Waals surface area contributed by atoms with Crippen LogP contribution in [0.5, 0.6) is 0 Å². The van der Waals surface area contributed by atoms with Crippen molar-refractivity contribution < 1.29 is 19.8 Å². The van der Waals surface area contributed by atoms with E-state index in [1.807, 2.05) is 47.6 Å². The summed E-state index contributed by atoms with van der Waals surface area (Å²) in [6.45, 7) is 11.8. The van der Waals surface area contributed by atoms with Crippen LogP contribution in [0.2, 0.25) is 0 Å². The minimum Gasteiger partial charge on any atom is -0.477 e. The summed E-state index contributed by atoms with van der Waals surface area (Å²) in [4.78, 5) is 32.7. The van der Waals surface area contributed by atoms with E-state index >= 15 is 0 Å². The Bertz CT molecular complexity index is 654. The number of nitrogens with zero attached hydrogens (tertiary/aromatic N) is 3. The fourth-order valence-corrected chi connectivity index (χ4v) is 1.65. The fourth-order valence-electron chi connectivity index (χ4n) is 1.65. The van der Waals surface area contributed by atoms with E-state index in [9.17, 15) is 9.59 Å². The Hall–Kier alpha value is -2.83. The van der Waals surface area contributed by atoms with Crippen molar-refractivity contribution in [3.8, 4) is 0 Å². The van der Waals surface area contributed by atoms with E-state index in [0.29, 0.717) is 5.69 Å². The van der Waals surface area contributed by atoms with Gasteiger partial charge >= 0.3 is 11.9 Å². The zero-order valence-electron chi connectivity index (χ0n) is 16.1. The summed E-state index contributed by atoms with van der Waals surface area (Å²) in [5.74, 6) is -1.54. The summed E-state index contributed by atoms with van der Waals surface area (Å²) in [5.41, 5.74) is 1.63. The highest BCUT2D eigenvalue weighted by Crippen LogP contribution is 2.11. The molecule has 7 nitrogen and oxygen atoms in total. The van der Waals surface area contributed by atoms with Gasteiger partial charge in [-0.15, -0.1) is 0 Å². The molecule has 0 amide bonds. The molecule has 0 radical (unpaired) electrons. The lowest BCUT2D eigenvalue weighted by atomic mass is 10.1. The maximum absolute atomic E-state index is 10.5. The van der Waals surface area contributed by atoms with Gasteiger partial charge in [0.15, 0.2) is 5.69 Å². The van der Waals surface area contributed by atoms with Gasteiger partial charge in [0.25, 0.3) is 0 Å². The Morgan fingerprint density at radius 2 is 1.31 bits per heavy atom. The van der Waals surface area contributed by atoms with Crippen molar-refractivity contribution in [2.75, 3.05) is 0 Å². The molecule has 0 atom stereocenters. The Labute approximate surface area is 154 Å². The molecule has 0 spiro atoms. The lowest BCUT2D eigenvalue weighted by Crippen LogP contribution is -2.04. The van der Waals surface area contributed by atoms with Crippen LogP contribution in [0, 0.1) is 0 Å². The molecule has 0 aliphatic heterocycles. The lowest BCUT2D eigenvalue weighted by molar-refractivity contribution is 0.0679. The van der Waals surface area contributed by atoms with Crippen LogP contribution in [-0.2, 0) is 0 Å². The molecular weight excluding hydrogens is 334 g/mol. The van der Waals surface area contributed by atoms with Gasteiger partial charge in [-0.3, -0.25) is 4.98 Å². The first kappa shape index (κ1) is 23.2. The highest BCUT2D eigenvalue weighted by molar-refractivity contribution is 5.85. The number of carboxylic acid groups (broad SMARTS) is 2. The minimum absolute atomic E-state index is 0.00111. The zero-order valence-corrected chi connectivity index (χ0v) is 16.1. The lowest BCUT2D eigenvalue weighted by Gasteiger charge is -2.03. The van der Waals surface area contributed by atoms with E-state index in [1.54, 1.807) is 12.3 Å². The van der Waals surface area contributed by atoms with E-state index in [0.717, 1.165) is 5.69 Å². The molecule has 0 fully saturated rings. The SMILES string of the molecule is CC.CC(C)c1cccc(C(=O)O)n1.CC(C)c1cncc(C(=O)O)n1. The maximum Gasteiger partial charge on any atom is 0.356 e. The average Bonchev–Trinajstić information content (AvgIpc) is 2.64. The van der Waals surface area contributed by atoms with Gasteiger partial charge in [-0.05, 0) is 24.0 Å². The Morgan fingerprint density at radius 1 is 0.808 bits per heavy atom. The predicted molar refractivity (Wildman–Crippen MR) is 99.7 cm³/mol. The number of rotatable bonds is 4. The van der Waals surface area contributed by atoms with Crippen molar-refractivity contribution in [2.24, 2.45) is 0 Å². The molecule has 2 aromatic rings. The zero-order chi connectivity index (χ0) is 20.3. The monoisotopic (exact) mass is 361 g/mol. The van der Waals surface area contributed by atoms with Crippen LogP contribution in [0.3, 0.4) is 0 Å². The van der Waals surface area contributed by atoms with Gasteiger partial charge in [-0.2, -0.15) is 0 Å². The molecule has 0 saturated heterocycles. The number of hydrogen-bond acceptors (Lipinski definition) is 5. The first-order valence-corrected chi connectivity index (χ1v) is 8.47. The van der Waals surface area contributed by atoms with Crippen LogP contribution >= 0.6 is 0 Å². The summed E-state index contributed by atoms with van der Waals surface area (Å²) < 4.78 is 0. The van der Waals surface area contributed by atoms with Crippen LogP contribution in [0.25, 0.3) is 0 Å². The van der Waals surface area contributed by atoms with Gasteiger partial charge in [-0.1, -0.05) is 47.6 Å². The number of aromatic nitrogens is 3. The summed E-state index contributed by atoms with van der Waals surface area (Å²) >= 11 is 0. The van der Waals surface area contributed by atoms with Crippen molar-refractivity contribution in [1.82, 2.24) is 15.0 Å². The molecule has 0 aliphatic carbocycles. The average molecular weight is 361 g/mol. The van der Waals surface area contributed by atoms with Gasteiger partial charge in [0.2, 0.25) is 0 Å². The van der Waals surface area contributed by atoms with Gasteiger partial charge in [0.05, 0.1) is 11.9 Å². The molecule has 2 aromatic heterocycles. The second-order valence-electron chi connectivity index (χ2n) is 5.70. The van der Waals surface area contributed by atoms with Gasteiger partial charge in [0, 0.05) is 11.9 Å². The number of carbonyl (C=O) groups is 2. The second-order valence-corrected chi connectivity index (χ2v) is 5.70. The number of aromatic carboxylic acids is 2. The van der Waals surface area contributed by atoms with Gasteiger partial charge in [0.1, 0.15) is 5.69 Å². The summed E-state index contributed by atoms with van der Waals surface area (Å²) in [6, 6.07) is 5.04. The Balaban J connectivity index is 0.000000439. The smallest absolute Gasteiger partial charge is 0.356 e. The molecule has 0 saturated carbocycles. The predicted octanol–water partition coefficient (Wildman–Crippen LogP) is 4.23. The van der Waals surface area contributed by atoms with Gasteiger partial charge in [-0.25, -0.2) is 19.6 Å². The summed E-state index contributed by atoms with van der Waals surface area (Å²) in [6.07, 6.45) is 2.82. The Kier molecular flexibility index (Phi) is 10.4. The van der Waals surface area contributed by atoms with E-state index in [1.165, 1.54) is 12.3 Å². The molecular formula is C19H27N3O4. The van der Waals surface area contributed by atoms with Crippen LogP contribution in [-0.4, -0.2) is 37.1 Å². The molecule has 0 aliphatic rings. The normalized spacial score (nSPS) is 9.69. The van der Waals surface area contributed by atoms with Crippen LogP contribution < -0.4 is 0 Å². The van der Waals surface area contributed by atoms with Gasteiger partial charge < -0.3 is 10.2 Å². The third-order valence-electron chi connectivity index (χ3n) is 3.05. The quantitative estimate of drug-likeness (QED) is 0.837. The van der Waals surface area contributed by atoms with E-state index in [4.69, 9.17) is 10.2 Å². The standard InChI is InChI=1S/C9H11NO2.C8H10N2O2.C2H6/c1-6(2)7-4-3-5-8(10-7)9(11)12;1-5(2)6-3-9-4-7(10-6)8(11)12;1-2/h3-6H,1-2H3,(H,11,12);3-5H,1-2H3,(H,11,12);1-2H3. The molecule has 142 valence electrons. The fraction of sp³-hybridized carbons (Fsp3) is 0.421. The molecule has 2 rings (SSSR count). The van der Waals surface area contributed by atoms with E-state index in [2.05, 4.69) is 15.0 Å². The summed E-state index contributed by atoms with van der Waals surface area (Å²) in [7, 11) is 0. The topological polar surface area (TPSA) is 113 Å². The van der Waals surface area contributed by atoms with Crippen LogP contribution in [0.1, 0.15) is 85.7 Å². The van der Waals surface area contributed by atoms with Crippen LogP contribution in [0.15, 0.2) is 30.6 Å². The molecule has 26 heavy (non-hydrogen) atoms. The second kappa shape index (κ2) is 11.7. The van der Waals surface area contributed by atoms with Crippen molar-refractivity contribution in [2.45, 2.75) is 53.4 Å². The minimum atomic E-state index is -1.04. The molecule has 0 unspecified atom stereocenters. The van der Waals surface area contributed by atoms with Crippen LogP contribution in [0.4, 0.5) is 0 Å².